The van der Waals surface area contributed by atoms with Gasteiger partial charge in [0, 0.05) is 61.1 Å². The molecule has 2 aliphatic carbocycles. The fourth-order valence-electron chi connectivity index (χ4n) is 11.0. The maximum Gasteiger partial charge on any atom is 0.144 e. The molecule has 0 saturated heterocycles. The van der Waals surface area contributed by atoms with Crippen LogP contribution >= 0.6 is 0 Å². The Labute approximate surface area is 354 Å². The Morgan fingerprint density at radius 1 is 0.377 bits per heavy atom. The van der Waals surface area contributed by atoms with E-state index in [4.69, 9.17) is 8.83 Å². The van der Waals surface area contributed by atoms with Gasteiger partial charge in [-0.1, -0.05) is 143 Å². The van der Waals surface area contributed by atoms with Crippen LogP contribution in [0.1, 0.15) is 49.9 Å². The maximum atomic E-state index is 7.21. The van der Waals surface area contributed by atoms with E-state index in [2.05, 4.69) is 202 Å². The number of anilines is 3. The van der Waals surface area contributed by atoms with Gasteiger partial charge in [0.25, 0.3) is 0 Å². The monoisotopic (exact) mass is 783 g/mol. The third kappa shape index (κ3) is 4.75. The van der Waals surface area contributed by atoms with Crippen molar-refractivity contribution in [3.8, 4) is 33.4 Å². The Balaban J connectivity index is 1.04. The summed E-state index contributed by atoms with van der Waals surface area (Å²) in [5, 5.41) is 6.68. The van der Waals surface area contributed by atoms with Crippen LogP contribution in [0, 0.1) is 0 Å². The third-order valence-corrected chi connectivity index (χ3v) is 14.0. The van der Waals surface area contributed by atoms with Crippen LogP contribution in [0.15, 0.2) is 185 Å². The van der Waals surface area contributed by atoms with E-state index in [0.717, 1.165) is 72.1 Å². The van der Waals surface area contributed by atoms with Crippen LogP contribution in [0.25, 0.3) is 88.0 Å². The molecule has 0 aliphatic heterocycles. The number of fused-ring (bicyclic) bond motifs is 13. The van der Waals surface area contributed by atoms with E-state index in [0.29, 0.717) is 0 Å². The minimum absolute atomic E-state index is 0.132. The van der Waals surface area contributed by atoms with Gasteiger partial charge in [-0.05, 0) is 115 Å². The predicted octanol–water partition coefficient (Wildman–Crippen LogP) is 16.4. The zero-order valence-corrected chi connectivity index (χ0v) is 34.5. The molecule has 2 aromatic heterocycles. The Morgan fingerprint density at radius 2 is 0.967 bits per heavy atom. The molecule has 0 radical (unpaired) electrons. The second kappa shape index (κ2) is 12.1. The molecular formula is C58H41NO2. The molecule has 0 bridgehead atoms. The van der Waals surface area contributed by atoms with Crippen LogP contribution in [0.3, 0.4) is 0 Å². The minimum atomic E-state index is -0.141. The first-order valence-electron chi connectivity index (χ1n) is 21.3. The summed E-state index contributed by atoms with van der Waals surface area (Å²) in [5.41, 5.74) is 19.2. The second-order valence-electron chi connectivity index (χ2n) is 18.1. The molecule has 2 heterocycles. The average molecular weight is 784 g/mol. The molecule has 13 rings (SSSR count). The van der Waals surface area contributed by atoms with E-state index in [1.165, 1.54) is 55.3 Å². The lowest BCUT2D eigenvalue weighted by Crippen LogP contribution is -2.16. The highest BCUT2D eigenvalue weighted by Gasteiger charge is 2.37. The van der Waals surface area contributed by atoms with Crippen molar-refractivity contribution in [3.63, 3.8) is 0 Å². The van der Waals surface area contributed by atoms with Crippen LogP contribution in [-0.2, 0) is 10.8 Å². The van der Waals surface area contributed by atoms with Crippen LogP contribution in [0.5, 0.6) is 0 Å². The summed E-state index contributed by atoms with van der Waals surface area (Å²) >= 11 is 0. The number of benzene rings is 9. The molecule has 11 aromatic rings. The van der Waals surface area contributed by atoms with Crippen molar-refractivity contribution in [2.45, 2.75) is 38.5 Å². The molecule has 9 aromatic carbocycles. The fraction of sp³-hybridized carbons (Fsp3) is 0.103. The van der Waals surface area contributed by atoms with Crippen molar-refractivity contribution < 1.29 is 8.83 Å². The van der Waals surface area contributed by atoms with Crippen molar-refractivity contribution in [2.24, 2.45) is 0 Å². The summed E-state index contributed by atoms with van der Waals surface area (Å²) in [6, 6.07) is 64.3. The quantitative estimate of drug-likeness (QED) is 0.178. The Bertz CT molecular complexity index is 3670. The van der Waals surface area contributed by atoms with Gasteiger partial charge in [-0.3, -0.25) is 0 Å². The number of rotatable bonds is 4. The van der Waals surface area contributed by atoms with Gasteiger partial charge in [-0.15, -0.1) is 0 Å². The van der Waals surface area contributed by atoms with E-state index in [9.17, 15) is 0 Å². The van der Waals surface area contributed by atoms with Gasteiger partial charge in [-0.25, -0.2) is 0 Å². The molecule has 2 aliphatic rings. The first kappa shape index (κ1) is 34.5. The van der Waals surface area contributed by atoms with Crippen molar-refractivity contribution in [1.82, 2.24) is 0 Å². The topological polar surface area (TPSA) is 29.5 Å². The first-order valence-corrected chi connectivity index (χ1v) is 21.3. The summed E-state index contributed by atoms with van der Waals surface area (Å²) in [6.45, 7) is 9.38. The highest BCUT2D eigenvalue weighted by molar-refractivity contribution is 6.23. The normalized spacial score (nSPS) is 14.5. The van der Waals surface area contributed by atoms with Crippen LogP contribution in [0.4, 0.5) is 17.1 Å². The molecule has 3 nitrogen and oxygen atoms in total. The number of nitrogens with zero attached hydrogens (tertiary/aromatic N) is 1. The highest BCUT2D eigenvalue weighted by atomic mass is 16.3. The number of furan rings is 2. The van der Waals surface area contributed by atoms with Gasteiger partial charge < -0.3 is 13.7 Å². The van der Waals surface area contributed by atoms with E-state index < -0.39 is 0 Å². The molecule has 290 valence electrons. The Kier molecular flexibility index (Phi) is 6.85. The Hall–Kier alpha value is -7.36. The summed E-state index contributed by atoms with van der Waals surface area (Å²) < 4.78 is 13.9. The van der Waals surface area contributed by atoms with Gasteiger partial charge >= 0.3 is 0 Å². The number of hydrogen-bond donors (Lipinski definition) is 0. The van der Waals surface area contributed by atoms with Crippen LogP contribution in [-0.4, -0.2) is 0 Å². The summed E-state index contributed by atoms with van der Waals surface area (Å²) in [6.07, 6.45) is 0. The maximum absolute atomic E-state index is 7.21. The molecule has 0 N–H and O–H groups in total. The standard InChI is InChI=1S/C58H41NO2/c1-57(2)47-18-10-7-15-40(47)42-26-22-36(30-49(42)57)54-55-45-17-9-12-20-51(45)60-53(55)33-46-44-28-25-39(32-52(44)61-56(46)54)59(37-23-21-34-13-5-6-14-35(34)29-37)38-24-27-43-41-16-8-11-19-48(41)58(3,4)50(43)31-38/h5-33H,1-4H3. The smallest absolute Gasteiger partial charge is 0.144 e. The largest absolute Gasteiger partial charge is 0.456 e. The number of para-hydroxylation sites is 1. The van der Waals surface area contributed by atoms with E-state index in [-0.39, 0.29) is 10.8 Å². The number of hydrogen-bond acceptors (Lipinski definition) is 3. The minimum Gasteiger partial charge on any atom is -0.456 e. The molecule has 3 heteroatoms. The summed E-state index contributed by atoms with van der Waals surface area (Å²) in [7, 11) is 0. The van der Waals surface area contributed by atoms with E-state index >= 15 is 0 Å². The Morgan fingerprint density at radius 3 is 1.75 bits per heavy atom. The predicted molar refractivity (Wildman–Crippen MR) is 254 cm³/mol. The van der Waals surface area contributed by atoms with Crippen LogP contribution in [0.2, 0.25) is 0 Å². The molecule has 0 fully saturated rings. The molecule has 0 saturated carbocycles. The summed E-state index contributed by atoms with van der Waals surface area (Å²) in [4.78, 5) is 2.39. The zero-order valence-electron chi connectivity index (χ0n) is 34.5. The lowest BCUT2D eigenvalue weighted by molar-refractivity contribution is 0.660. The van der Waals surface area contributed by atoms with Gasteiger partial charge in [0.1, 0.15) is 22.3 Å². The molecule has 61 heavy (non-hydrogen) atoms. The van der Waals surface area contributed by atoms with Crippen molar-refractivity contribution in [3.05, 3.63) is 198 Å². The van der Waals surface area contributed by atoms with Gasteiger partial charge in [0.15, 0.2) is 0 Å². The molecule has 0 atom stereocenters. The molecule has 0 amide bonds. The van der Waals surface area contributed by atoms with Gasteiger partial charge in [-0.2, -0.15) is 0 Å². The van der Waals surface area contributed by atoms with Crippen molar-refractivity contribution in [1.29, 1.82) is 0 Å². The molecule has 0 spiro atoms. The van der Waals surface area contributed by atoms with Gasteiger partial charge in [0.05, 0.1) is 0 Å². The van der Waals surface area contributed by atoms with Crippen molar-refractivity contribution >= 4 is 71.7 Å². The second-order valence-corrected chi connectivity index (χ2v) is 18.1. The highest BCUT2D eigenvalue weighted by Crippen LogP contribution is 2.53. The SMILES string of the molecule is CC1(C)c2ccccc2-c2ccc(-c3c4oc5cc(N(c6ccc7c(c6)C(C)(C)c6ccccc6-7)c6ccc7ccccc7c6)ccc5c4cc4oc5ccccc5c34)cc21. The zero-order chi connectivity index (χ0) is 40.8. The van der Waals surface area contributed by atoms with E-state index in [1.807, 2.05) is 6.07 Å². The van der Waals surface area contributed by atoms with E-state index in [1.54, 1.807) is 0 Å². The molecule has 0 unspecified atom stereocenters. The van der Waals surface area contributed by atoms with Gasteiger partial charge in [0.2, 0.25) is 0 Å². The van der Waals surface area contributed by atoms with Crippen LogP contribution < -0.4 is 4.90 Å². The average Bonchev–Trinajstić information content (AvgIpc) is 3.98. The van der Waals surface area contributed by atoms with Crippen molar-refractivity contribution in [2.75, 3.05) is 4.90 Å². The third-order valence-electron chi connectivity index (χ3n) is 14.0. The molecular weight excluding hydrogens is 743 g/mol. The summed E-state index contributed by atoms with van der Waals surface area (Å²) in [5.74, 6) is 0. The fourth-order valence-corrected chi connectivity index (χ4v) is 11.0. The lowest BCUT2D eigenvalue weighted by atomic mass is 9.81. The lowest BCUT2D eigenvalue weighted by Gasteiger charge is -2.28. The first-order chi connectivity index (χ1) is 29.7.